The van der Waals surface area contributed by atoms with E-state index in [1.807, 2.05) is 0 Å². The lowest BCUT2D eigenvalue weighted by molar-refractivity contribution is -0.00923. The fraction of sp³-hybridized carbons (Fsp3) is 0.562. The number of rotatable bonds is 5. The van der Waals surface area contributed by atoms with E-state index in [4.69, 9.17) is 9.47 Å². The predicted molar refractivity (Wildman–Crippen MR) is 81.8 cm³/mol. The van der Waals surface area contributed by atoms with Crippen molar-refractivity contribution in [3.63, 3.8) is 0 Å². The molecule has 1 fully saturated rings. The molecule has 0 aromatic heterocycles. The van der Waals surface area contributed by atoms with E-state index in [0.717, 1.165) is 13.1 Å². The fourth-order valence-corrected chi connectivity index (χ4v) is 2.49. The van der Waals surface area contributed by atoms with Crippen molar-refractivity contribution in [3.8, 4) is 5.75 Å². The van der Waals surface area contributed by atoms with E-state index in [-0.39, 0.29) is 22.8 Å². The van der Waals surface area contributed by atoms with Crippen molar-refractivity contribution >= 4 is 5.91 Å². The van der Waals surface area contributed by atoms with Gasteiger partial charge in [0, 0.05) is 30.7 Å². The van der Waals surface area contributed by atoms with Crippen LogP contribution in [-0.4, -0.2) is 56.3 Å². The molecule has 22 heavy (non-hydrogen) atoms. The molecular weight excluding hydrogens is 287 g/mol. The van der Waals surface area contributed by atoms with Crippen LogP contribution >= 0.6 is 0 Å². The molecule has 0 unspecified atom stereocenters. The van der Waals surface area contributed by atoms with Gasteiger partial charge in [0.2, 0.25) is 0 Å². The van der Waals surface area contributed by atoms with Gasteiger partial charge in [-0.15, -0.1) is 0 Å². The zero-order valence-corrected chi connectivity index (χ0v) is 13.3. The summed E-state index contributed by atoms with van der Waals surface area (Å²) in [4.78, 5) is 14.4. The van der Waals surface area contributed by atoms with Gasteiger partial charge in [0.25, 0.3) is 5.91 Å². The predicted octanol–water partition coefficient (Wildman–Crippen LogP) is 1.67. The lowest BCUT2D eigenvalue weighted by Crippen LogP contribution is -2.55. The minimum absolute atomic E-state index is 0.130. The summed E-state index contributed by atoms with van der Waals surface area (Å²) in [5, 5.41) is 2.87. The highest BCUT2D eigenvalue weighted by atomic mass is 19.1. The van der Waals surface area contributed by atoms with E-state index in [1.54, 1.807) is 6.07 Å². The molecule has 0 spiro atoms. The van der Waals surface area contributed by atoms with E-state index < -0.39 is 5.82 Å². The third kappa shape index (κ3) is 3.96. The van der Waals surface area contributed by atoms with E-state index in [9.17, 15) is 9.18 Å². The first kappa shape index (κ1) is 16.7. The van der Waals surface area contributed by atoms with Gasteiger partial charge in [-0.05, 0) is 32.0 Å². The van der Waals surface area contributed by atoms with E-state index in [1.165, 1.54) is 19.2 Å². The molecule has 0 radical (unpaired) electrons. The molecule has 0 bridgehead atoms. The molecule has 1 aromatic carbocycles. The SMILES string of the molecule is COc1ccc(C(=O)NCC(C)(C)N2CCOCC2)cc1F. The highest BCUT2D eigenvalue weighted by molar-refractivity contribution is 5.94. The summed E-state index contributed by atoms with van der Waals surface area (Å²) in [5.41, 5.74) is 0.112. The molecule has 1 aliphatic rings. The van der Waals surface area contributed by atoms with Crippen LogP contribution in [0.2, 0.25) is 0 Å². The molecule has 6 heteroatoms. The first-order valence-electron chi connectivity index (χ1n) is 7.38. The van der Waals surface area contributed by atoms with Gasteiger partial charge in [-0.2, -0.15) is 0 Å². The lowest BCUT2D eigenvalue weighted by atomic mass is 10.0. The monoisotopic (exact) mass is 310 g/mol. The Morgan fingerprint density at radius 2 is 2.09 bits per heavy atom. The number of nitrogens with zero attached hydrogens (tertiary/aromatic N) is 1. The summed E-state index contributed by atoms with van der Waals surface area (Å²) in [7, 11) is 1.39. The van der Waals surface area contributed by atoms with Gasteiger partial charge in [0.15, 0.2) is 11.6 Å². The number of benzene rings is 1. The molecule has 1 amide bonds. The molecule has 1 saturated heterocycles. The second-order valence-corrected chi connectivity index (χ2v) is 5.94. The summed E-state index contributed by atoms with van der Waals surface area (Å²) in [5.74, 6) is -0.698. The Balaban J connectivity index is 1.95. The van der Waals surface area contributed by atoms with Crippen LogP contribution in [0.5, 0.6) is 5.75 Å². The van der Waals surface area contributed by atoms with Crippen molar-refractivity contribution < 1.29 is 18.7 Å². The van der Waals surface area contributed by atoms with Gasteiger partial charge >= 0.3 is 0 Å². The minimum Gasteiger partial charge on any atom is -0.494 e. The molecule has 1 aromatic rings. The topological polar surface area (TPSA) is 50.8 Å². The lowest BCUT2D eigenvalue weighted by Gasteiger charge is -2.40. The number of halogens is 1. The third-order valence-corrected chi connectivity index (χ3v) is 3.96. The number of methoxy groups -OCH3 is 1. The van der Waals surface area contributed by atoms with Crippen LogP contribution in [0.3, 0.4) is 0 Å². The Morgan fingerprint density at radius 1 is 1.41 bits per heavy atom. The third-order valence-electron chi connectivity index (χ3n) is 3.96. The second-order valence-electron chi connectivity index (χ2n) is 5.94. The average molecular weight is 310 g/mol. The van der Waals surface area contributed by atoms with E-state index >= 15 is 0 Å². The molecule has 0 saturated carbocycles. The van der Waals surface area contributed by atoms with Crippen molar-refractivity contribution in [2.45, 2.75) is 19.4 Å². The quantitative estimate of drug-likeness (QED) is 0.899. The van der Waals surface area contributed by atoms with Gasteiger partial charge in [-0.25, -0.2) is 4.39 Å². The van der Waals surface area contributed by atoms with Crippen molar-refractivity contribution in [2.24, 2.45) is 0 Å². The molecule has 0 aliphatic carbocycles. The minimum atomic E-state index is -0.539. The molecule has 5 nitrogen and oxygen atoms in total. The number of amides is 1. The Hall–Kier alpha value is -1.66. The van der Waals surface area contributed by atoms with Crippen LogP contribution in [0.1, 0.15) is 24.2 Å². The Bertz CT molecular complexity index is 528. The van der Waals surface area contributed by atoms with E-state index in [0.29, 0.717) is 19.8 Å². The first-order chi connectivity index (χ1) is 10.4. The number of hydrogen-bond donors (Lipinski definition) is 1. The van der Waals surface area contributed by atoms with Gasteiger partial charge in [-0.1, -0.05) is 0 Å². The van der Waals surface area contributed by atoms with Crippen LogP contribution in [0.15, 0.2) is 18.2 Å². The Morgan fingerprint density at radius 3 is 2.68 bits per heavy atom. The smallest absolute Gasteiger partial charge is 0.251 e. The molecule has 122 valence electrons. The van der Waals surface area contributed by atoms with Gasteiger partial charge in [-0.3, -0.25) is 9.69 Å². The first-order valence-corrected chi connectivity index (χ1v) is 7.38. The van der Waals surface area contributed by atoms with E-state index in [2.05, 4.69) is 24.1 Å². The molecule has 0 atom stereocenters. The molecule has 1 N–H and O–H groups in total. The fourth-order valence-electron chi connectivity index (χ4n) is 2.49. The van der Waals surface area contributed by atoms with Crippen molar-refractivity contribution in [3.05, 3.63) is 29.6 Å². The summed E-state index contributed by atoms with van der Waals surface area (Å²) >= 11 is 0. The number of ether oxygens (including phenoxy) is 2. The molecular formula is C16H23FN2O3. The number of carbonyl (C=O) groups excluding carboxylic acids is 1. The zero-order chi connectivity index (χ0) is 16.2. The average Bonchev–Trinajstić information content (AvgIpc) is 2.53. The van der Waals surface area contributed by atoms with Crippen molar-refractivity contribution in [2.75, 3.05) is 40.0 Å². The van der Waals surface area contributed by atoms with Crippen LogP contribution < -0.4 is 10.1 Å². The maximum atomic E-state index is 13.6. The molecule has 2 rings (SSSR count). The summed E-state index contributed by atoms with van der Waals surface area (Å²) < 4.78 is 23.8. The molecule has 1 heterocycles. The van der Waals surface area contributed by atoms with Crippen LogP contribution in [0, 0.1) is 5.82 Å². The summed E-state index contributed by atoms with van der Waals surface area (Å²) in [6.07, 6.45) is 0. The maximum Gasteiger partial charge on any atom is 0.251 e. The van der Waals surface area contributed by atoms with Crippen molar-refractivity contribution in [1.82, 2.24) is 10.2 Å². The number of nitrogens with one attached hydrogen (secondary N) is 1. The maximum absolute atomic E-state index is 13.6. The Labute approximate surface area is 130 Å². The largest absolute Gasteiger partial charge is 0.494 e. The molecule has 1 aliphatic heterocycles. The van der Waals surface area contributed by atoms with Gasteiger partial charge in [0.05, 0.1) is 20.3 Å². The number of hydrogen-bond acceptors (Lipinski definition) is 4. The zero-order valence-electron chi connectivity index (χ0n) is 13.3. The second kappa shape index (κ2) is 7.07. The highest BCUT2D eigenvalue weighted by Gasteiger charge is 2.28. The summed E-state index contributed by atoms with van der Waals surface area (Å²) in [6, 6.07) is 4.20. The normalized spacial score (nSPS) is 16.4. The standard InChI is InChI=1S/C16H23FN2O3/c1-16(2,19-6-8-22-9-7-19)11-18-15(20)12-4-5-14(21-3)13(17)10-12/h4-5,10H,6-9,11H2,1-3H3,(H,18,20). The van der Waals surface area contributed by atoms with Crippen LogP contribution in [-0.2, 0) is 4.74 Å². The van der Waals surface area contributed by atoms with Crippen LogP contribution in [0.4, 0.5) is 4.39 Å². The van der Waals surface area contributed by atoms with Crippen molar-refractivity contribution in [1.29, 1.82) is 0 Å². The highest BCUT2D eigenvalue weighted by Crippen LogP contribution is 2.18. The Kier molecular flexibility index (Phi) is 5.37. The van der Waals surface area contributed by atoms with Gasteiger partial charge in [0.1, 0.15) is 0 Å². The van der Waals surface area contributed by atoms with Crippen LogP contribution in [0.25, 0.3) is 0 Å². The number of carbonyl (C=O) groups is 1. The summed E-state index contributed by atoms with van der Waals surface area (Å²) in [6.45, 7) is 7.75. The number of morpholine rings is 1. The van der Waals surface area contributed by atoms with Gasteiger partial charge < -0.3 is 14.8 Å².